The highest BCUT2D eigenvalue weighted by molar-refractivity contribution is 8.00. The molecule has 2 heteroatoms. The van der Waals surface area contributed by atoms with E-state index in [1.165, 1.54) is 16.3 Å². The first-order chi connectivity index (χ1) is 7.84. The lowest BCUT2D eigenvalue weighted by atomic mass is 10.0. The Bertz CT molecular complexity index is 504. The molecule has 0 amide bonds. The molecule has 0 saturated carbocycles. The Morgan fingerprint density at radius 3 is 2.75 bits per heavy atom. The minimum Gasteiger partial charge on any atom is -0.301 e. The minimum absolute atomic E-state index is 0.459. The molecule has 0 radical (unpaired) electrons. The number of thioether (sulfide) groups is 1. The Morgan fingerprint density at radius 2 is 1.94 bits per heavy atom. The highest BCUT2D eigenvalue weighted by Gasteiger charge is 2.23. The zero-order valence-electron chi connectivity index (χ0n) is 9.31. The minimum atomic E-state index is 0.459. The number of fused-ring (bicyclic) bond motifs is 1. The van der Waals surface area contributed by atoms with Crippen molar-refractivity contribution in [1.82, 2.24) is 5.32 Å². The Morgan fingerprint density at radius 1 is 1.12 bits per heavy atom. The van der Waals surface area contributed by atoms with Gasteiger partial charge < -0.3 is 5.32 Å². The summed E-state index contributed by atoms with van der Waals surface area (Å²) in [7, 11) is 0. The van der Waals surface area contributed by atoms with E-state index >= 15 is 0 Å². The molecule has 1 heterocycles. The number of nitrogens with one attached hydrogen (secondary N) is 1. The molecule has 2 unspecified atom stereocenters. The summed E-state index contributed by atoms with van der Waals surface area (Å²) >= 11 is 2.02. The van der Waals surface area contributed by atoms with E-state index in [0.717, 1.165) is 6.54 Å². The van der Waals surface area contributed by atoms with E-state index in [-0.39, 0.29) is 0 Å². The topological polar surface area (TPSA) is 12.0 Å². The Hall–Kier alpha value is -0.990. The first kappa shape index (κ1) is 10.2. The van der Waals surface area contributed by atoms with Gasteiger partial charge in [-0.1, -0.05) is 49.4 Å². The van der Waals surface area contributed by atoms with Crippen LogP contribution >= 0.6 is 11.8 Å². The second-order valence-electron chi connectivity index (χ2n) is 4.30. The maximum Gasteiger partial charge on any atom is 0.0798 e. The first-order valence-corrected chi connectivity index (χ1v) is 6.65. The summed E-state index contributed by atoms with van der Waals surface area (Å²) in [6, 6.07) is 15.2. The molecular weight excluding hydrogens is 214 g/mol. The fourth-order valence-corrected chi connectivity index (χ4v) is 3.47. The predicted octanol–water partition coefficient (Wildman–Crippen LogP) is 3.56. The lowest BCUT2D eigenvalue weighted by molar-refractivity contribution is 0.721. The van der Waals surface area contributed by atoms with Crippen LogP contribution in [0.4, 0.5) is 0 Å². The summed E-state index contributed by atoms with van der Waals surface area (Å²) in [6.07, 6.45) is 0. The van der Waals surface area contributed by atoms with Gasteiger partial charge in [-0.05, 0) is 16.3 Å². The predicted molar refractivity (Wildman–Crippen MR) is 71.7 cm³/mol. The van der Waals surface area contributed by atoms with Crippen molar-refractivity contribution in [1.29, 1.82) is 0 Å². The molecule has 0 bridgehead atoms. The molecule has 1 aliphatic rings. The number of rotatable bonds is 1. The van der Waals surface area contributed by atoms with Gasteiger partial charge >= 0.3 is 0 Å². The van der Waals surface area contributed by atoms with Gasteiger partial charge in [0, 0.05) is 11.8 Å². The molecule has 1 fully saturated rings. The van der Waals surface area contributed by atoms with Crippen LogP contribution in [0.25, 0.3) is 10.8 Å². The largest absolute Gasteiger partial charge is 0.301 e. The van der Waals surface area contributed by atoms with Crippen LogP contribution in [0, 0.1) is 0 Å². The van der Waals surface area contributed by atoms with E-state index in [4.69, 9.17) is 0 Å². The van der Waals surface area contributed by atoms with Gasteiger partial charge in [-0.25, -0.2) is 0 Å². The van der Waals surface area contributed by atoms with Crippen molar-refractivity contribution in [3.63, 3.8) is 0 Å². The lowest BCUT2D eigenvalue weighted by Crippen LogP contribution is -2.14. The van der Waals surface area contributed by atoms with Gasteiger partial charge in [0.05, 0.1) is 5.37 Å². The van der Waals surface area contributed by atoms with Gasteiger partial charge in [0.25, 0.3) is 0 Å². The van der Waals surface area contributed by atoms with Crippen LogP contribution in [0.1, 0.15) is 17.9 Å². The van der Waals surface area contributed by atoms with Gasteiger partial charge in [-0.15, -0.1) is 11.8 Å². The van der Waals surface area contributed by atoms with Crippen molar-refractivity contribution in [2.24, 2.45) is 0 Å². The number of hydrogen-bond donors (Lipinski definition) is 1. The summed E-state index contributed by atoms with van der Waals surface area (Å²) in [5, 5.41) is 7.46. The van der Waals surface area contributed by atoms with Crippen molar-refractivity contribution >= 4 is 22.5 Å². The smallest absolute Gasteiger partial charge is 0.0798 e. The third kappa shape index (κ3) is 1.72. The van der Waals surface area contributed by atoms with Crippen molar-refractivity contribution in [3.8, 4) is 0 Å². The van der Waals surface area contributed by atoms with E-state index in [9.17, 15) is 0 Å². The summed E-state index contributed by atoms with van der Waals surface area (Å²) in [6.45, 7) is 3.39. The lowest BCUT2D eigenvalue weighted by Gasteiger charge is -2.13. The molecule has 1 saturated heterocycles. The van der Waals surface area contributed by atoms with Gasteiger partial charge in [-0.3, -0.25) is 0 Å². The fourth-order valence-electron chi connectivity index (χ4n) is 2.26. The SMILES string of the molecule is CC1CNC(c2cccc3ccccc23)S1. The van der Waals surface area contributed by atoms with Crippen LogP contribution in [-0.2, 0) is 0 Å². The standard InChI is InChI=1S/C14H15NS/c1-10-9-15-14(16-10)13-8-4-6-11-5-2-3-7-12(11)13/h2-8,10,14-15H,9H2,1H3. The molecular formula is C14H15NS. The summed E-state index contributed by atoms with van der Waals surface area (Å²) in [5.41, 5.74) is 1.42. The average Bonchev–Trinajstić information content (AvgIpc) is 2.75. The maximum absolute atomic E-state index is 3.58. The molecule has 2 aromatic rings. The van der Waals surface area contributed by atoms with Crippen molar-refractivity contribution in [2.45, 2.75) is 17.5 Å². The van der Waals surface area contributed by atoms with Crippen molar-refractivity contribution in [3.05, 3.63) is 48.0 Å². The quantitative estimate of drug-likeness (QED) is 0.802. The van der Waals surface area contributed by atoms with Crippen molar-refractivity contribution in [2.75, 3.05) is 6.54 Å². The molecule has 0 aliphatic carbocycles. The molecule has 2 aromatic carbocycles. The second kappa shape index (κ2) is 4.11. The number of hydrogen-bond acceptors (Lipinski definition) is 2. The van der Waals surface area contributed by atoms with E-state index in [1.807, 2.05) is 11.8 Å². The van der Waals surface area contributed by atoms with Crippen LogP contribution in [0.5, 0.6) is 0 Å². The van der Waals surface area contributed by atoms with E-state index in [0.29, 0.717) is 10.6 Å². The van der Waals surface area contributed by atoms with Gasteiger partial charge in [0.1, 0.15) is 0 Å². The zero-order valence-corrected chi connectivity index (χ0v) is 10.1. The van der Waals surface area contributed by atoms with Crippen LogP contribution in [0.3, 0.4) is 0 Å². The average molecular weight is 229 g/mol. The molecule has 1 N–H and O–H groups in total. The maximum atomic E-state index is 3.58. The van der Waals surface area contributed by atoms with Crippen LogP contribution in [0.15, 0.2) is 42.5 Å². The molecule has 0 spiro atoms. The van der Waals surface area contributed by atoms with E-state index < -0.39 is 0 Å². The Labute approximate surface area is 100 Å². The highest BCUT2D eigenvalue weighted by atomic mass is 32.2. The molecule has 1 nitrogen and oxygen atoms in total. The van der Waals surface area contributed by atoms with E-state index in [1.54, 1.807) is 0 Å². The summed E-state index contributed by atoms with van der Waals surface area (Å²) in [4.78, 5) is 0. The van der Waals surface area contributed by atoms with Crippen molar-refractivity contribution < 1.29 is 0 Å². The normalized spacial score (nSPS) is 25.1. The molecule has 82 valence electrons. The Kier molecular flexibility index (Phi) is 2.62. The zero-order chi connectivity index (χ0) is 11.0. The summed E-state index contributed by atoms with van der Waals surface area (Å²) < 4.78 is 0. The van der Waals surface area contributed by atoms with E-state index in [2.05, 4.69) is 54.7 Å². The highest BCUT2D eigenvalue weighted by Crippen LogP contribution is 2.37. The molecule has 1 aliphatic heterocycles. The van der Waals surface area contributed by atoms with Crippen LogP contribution in [-0.4, -0.2) is 11.8 Å². The molecule has 2 atom stereocenters. The Balaban J connectivity index is 2.09. The van der Waals surface area contributed by atoms with Crippen LogP contribution in [0.2, 0.25) is 0 Å². The molecule has 16 heavy (non-hydrogen) atoms. The van der Waals surface area contributed by atoms with Crippen LogP contribution < -0.4 is 5.32 Å². The summed E-state index contributed by atoms with van der Waals surface area (Å²) in [5.74, 6) is 0. The fraction of sp³-hybridized carbons (Fsp3) is 0.286. The van der Waals surface area contributed by atoms with Gasteiger partial charge in [0.15, 0.2) is 0 Å². The van der Waals surface area contributed by atoms with Gasteiger partial charge in [0.2, 0.25) is 0 Å². The number of benzene rings is 2. The monoisotopic (exact) mass is 229 g/mol. The molecule has 3 rings (SSSR count). The molecule has 0 aromatic heterocycles. The first-order valence-electron chi connectivity index (χ1n) is 5.71. The second-order valence-corrected chi connectivity index (χ2v) is 5.85. The third-order valence-electron chi connectivity index (χ3n) is 3.06. The third-order valence-corrected chi connectivity index (χ3v) is 4.39. The van der Waals surface area contributed by atoms with Gasteiger partial charge in [-0.2, -0.15) is 0 Å².